The van der Waals surface area contributed by atoms with Gasteiger partial charge in [-0.1, -0.05) is 18.2 Å². The molecule has 0 aliphatic carbocycles. The molecule has 0 atom stereocenters. The summed E-state index contributed by atoms with van der Waals surface area (Å²) in [4.78, 5) is 9.33. The van der Waals surface area contributed by atoms with E-state index in [1.807, 2.05) is 23.6 Å². The number of benzene rings is 1. The Bertz CT molecular complexity index is 1070. The van der Waals surface area contributed by atoms with Crippen LogP contribution in [0.2, 0.25) is 0 Å². The van der Waals surface area contributed by atoms with Gasteiger partial charge in [0.2, 0.25) is 0 Å². The summed E-state index contributed by atoms with van der Waals surface area (Å²) >= 11 is 1.57. The molecule has 0 N–H and O–H groups in total. The Balaban J connectivity index is 1.87. The Hall–Kier alpha value is -3.44. The van der Waals surface area contributed by atoms with Crippen molar-refractivity contribution in [3.63, 3.8) is 0 Å². The summed E-state index contributed by atoms with van der Waals surface area (Å²) < 4.78 is 1.64. The third-order valence-corrected chi connectivity index (χ3v) is 4.21. The number of nitrogens with zero attached hydrogens (tertiary/aromatic N) is 7. The fraction of sp³-hybridized carbons (Fsp3) is 0. The minimum absolute atomic E-state index is 0.466. The van der Waals surface area contributed by atoms with E-state index in [1.165, 1.54) is 6.33 Å². The van der Waals surface area contributed by atoms with Crippen LogP contribution < -0.4 is 0 Å². The topological polar surface area (TPSA) is 91.6 Å². The summed E-state index contributed by atoms with van der Waals surface area (Å²) in [7, 11) is 0. The molecule has 114 valence electrons. The molecule has 4 rings (SSSR count). The molecule has 3 heterocycles. The Morgan fingerprint density at radius 1 is 1.04 bits per heavy atom. The van der Waals surface area contributed by atoms with Crippen LogP contribution in [0.25, 0.3) is 16.3 Å². The minimum atomic E-state index is 0.466. The minimum Gasteiger partial charge on any atom is -0.217 e. The third kappa shape index (κ3) is 2.43. The summed E-state index contributed by atoms with van der Waals surface area (Å²) in [5.41, 5.74) is 2.30. The highest BCUT2D eigenvalue weighted by Crippen LogP contribution is 2.33. The van der Waals surface area contributed by atoms with E-state index in [2.05, 4.69) is 31.4 Å². The van der Waals surface area contributed by atoms with E-state index in [-0.39, 0.29) is 0 Å². The number of fused-ring (bicyclic) bond motifs is 1. The van der Waals surface area contributed by atoms with E-state index in [0.29, 0.717) is 22.7 Å². The van der Waals surface area contributed by atoms with Crippen molar-refractivity contribution in [2.45, 2.75) is 0 Å². The molecule has 0 radical (unpaired) electrons. The first-order chi connectivity index (χ1) is 11.9. The van der Waals surface area contributed by atoms with E-state index in [1.54, 1.807) is 40.2 Å². The molecular formula is C16H9N7S. The summed E-state index contributed by atoms with van der Waals surface area (Å²) in [6.07, 6.45) is 3.06. The van der Waals surface area contributed by atoms with Crippen molar-refractivity contribution < 1.29 is 0 Å². The average Bonchev–Trinajstić information content (AvgIpc) is 3.31. The number of hydrogen-bond donors (Lipinski definition) is 0. The van der Waals surface area contributed by atoms with Crippen molar-refractivity contribution >= 4 is 28.5 Å². The summed E-state index contributed by atoms with van der Waals surface area (Å²) in [5, 5.41) is 23.9. The molecule has 4 aromatic rings. The van der Waals surface area contributed by atoms with Crippen LogP contribution in [0.15, 0.2) is 64.5 Å². The molecule has 1 aromatic carbocycles. The van der Waals surface area contributed by atoms with Gasteiger partial charge in [0.05, 0.1) is 16.6 Å². The van der Waals surface area contributed by atoms with Gasteiger partial charge in [-0.25, -0.2) is 4.98 Å². The molecule has 0 aliphatic rings. The monoisotopic (exact) mass is 331 g/mol. The zero-order chi connectivity index (χ0) is 16.4. The molecule has 0 spiro atoms. The smallest absolute Gasteiger partial charge is 0.217 e. The normalized spacial score (nSPS) is 11.1. The Kier molecular flexibility index (Phi) is 3.53. The van der Waals surface area contributed by atoms with Crippen molar-refractivity contribution in [3.05, 3.63) is 59.9 Å². The van der Waals surface area contributed by atoms with Crippen LogP contribution in [0.5, 0.6) is 0 Å². The van der Waals surface area contributed by atoms with E-state index in [4.69, 9.17) is 5.26 Å². The molecule has 0 fully saturated rings. The number of nitriles is 1. The molecule has 0 saturated heterocycles. The molecule has 0 unspecified atom stereocenters. The van der Waals surface area contributed by atoms with Gasteiger partial charge in [0.1, 0.15) is 29.5 Å². The number of aromatic nitrogens is 4. The van der Waals surface area contributed by atoms with Crippen molar-refractivity contribution in [2.75, 3.05) is 0 Å². The summed E-state index contributed by atoms with van der Waals surface area (Å²) in [6, 6.07) is 13.1. The molecule has 3 aromatic heterocycles. The zero-order valence-electron chi connectivity index (χ0n) is 12.2. The highest BCUT2D eigenvalue weighted by atomic mass is 32.1. The predicted octanol–water partition coefficient (Wildman–Crippen LogP) is 4.14. The van der Waals surface area contributed by atoms with Crippen LogP contribution in [0.1, 0.15) is 5.56 Å². The molecule has 0 saturated carbocycles. The van der Waals surface area contributed by atoms with E-state index in [0.717, 1.165) is 10.6 Å². The second kappa shape index (κ2) is 5.98. The highest BCUT2D eigenvalue weighted by Gasteiger charge is 2.13. The van der Waals surface area contributed by atoms with Crippen LogP contribution in [-0.4, -0.2) is 19.6 Å². The first-order valence-corrected chi connectivity index (χ1v) is 7.88. The molecule has 24 heavy (non-hydrogen) atoms. The van der Waals surface area contributed by atoms with Crippen molar-refractivity contribution in [2.24, 2.45) is 10.2 Å². The number of hydrogen-bond acceptors (Lipinski definition) is 7. The largest absolute Gasteiger partial charge is 0.252 e. The van der Waals surface area contributed by atoms with Gasteiger partial charge >= 0.3 is 0 Å². The van der Waals surface area contributed by atoms with Gasteiger partial charge in [-0.3, -0.25) is 0 Å². The van der Waals surface area contributed by atoms with Crippen LogP contribution in [0.3, 0.4) is 0 Å². The molecule has 0 amide bonds. The maximum atomic E-state index is 9.15. The fourth-order valence-corrected chi connectivity index (χ4v) is 3.01. The van der Waals surface area contributed by atoms with E-state index < -0.39 is 0 Å². The highest BCUT2D eigenvalue weighted by molar-refractivity contribution is 7.13. The van der Waals surface area contributed by atoms with Gasteiger partial charge in [0.15, 0.2) is 0 Å². The lowest BCUT2D eigenvalue weighted by molar-refractivity contribution is 0.945. The van der Waals surface area contributed by atoms with Crippen LogP contribution >= 0.6 is 11.3 Å². The van der Waals surface area contributed by atoms with Crippen molar-refractivity contribution in [3.8, 4) is 16.6 Å². The number of azo groups is 1. The van der Waals surface area contributed by atoms with Gasteiger partial charge in [-0.05, 0) is 23.6 Å². The van der Waals surface area contributed by atoms with Gasteiger partial charge < -0.3 is 0 Å². The summed E-state index contributed by atoms with van der Waals surface area (Å²) in [6.45, 7) is 0. The van der Waals surface area contributed by atoms with Crippen molar-refractivity contribution in [1.29, 1.82) is 5.26 Å². The maximum absolute atomic E-state index is 9.15. The lowest BCUT2D eigenvalue weighted by Gasteiger charge is -2.04. The number of thiophene rings is 1. The molecule has 8 heteroatoms. The Morgan fingerprint density at radius 3 is 2.75 bits per heavy atom. The van der Waals surface area contributed by atoms with E-state index >= 15 is 0 Å². The van der Waals surface area contributed by atoms with Gasteiger partial charge in [-0.2, -0.15) is 19.9 Å². The third-order valence-electron chi connectivity index (χ3n) is 3.33. The second-order valence-corrected chi connectivity index (χ2v) is 5.72. The lowest BCUT2D eigenvalue weighted by atomic mass is 10.2. The molecule has 0 aliphatic heterocycles. The predicted molar refractivity (Wildman–Crippen MR) is 89.4 cm³/mol. The zero-order valence-corrected chi connectivity index (χ0v) is 13.1. The SMILES string of the molecule is N#Cc1ccccc1N=Nc1cnc2ncnn2c1-c1cccs1. The number of rotatable bonds is 3. The maximum Gasteiger partial charge on any atom is 0.252 e. The Morgan fingerprint density at radius 2 is 1.92 bits per heavy atom. The summed E-state index contributed by atoms with van der Waals surface area (Å²) in [5.74, 6) is 0.495. The first-order valence-electron chi connectivity index (χ1n) is 7.00. The van der Waals surface area contributed by atoms with Crippen LogP contribution in [-0.2, 0) is 0 Å². The average molecular weight is 331 g/mol. The van der Waals surface area contributed by atoms with Gasteiger partial charge in [0.25, 0.3) is 5.78 Å². The van der Waals surface area contributed by atoms with Gasteiger partial charge in [0, 0.05) is 0 Å². The molecular weight excluding hydrogens is 322 g/mol. The standard InChI is InChI=1S/C16H9N7S/c17-8-11-4-1-2-5-12(11)21-22-13-9-18-16-19-10-20-23(16)15(13)14-6-3-7-24-14/h1-7,9-10H. The lowest BCUT2D eigenvalue weighted by Crippen LogP contribution is -1.95. The molecule has 7 nitrogen and oxygen atoms in total. The quantitative estimate of drug-likeness (QED) is 0.527. The van der Waals surface area contributed by atoms with Gasteiger partial charge in [-0.15, -0.1) is 21.6 Å². The van der Waals surface area contributed by atoms with E-state index in [9.17, 15) is 0 Å². The van der Waals surface area contributed by atoms with Crippen LogP contribution in [0, 0.1) is 11.3 Å². The Labute approximate surface area is 140 Å². The first kappa shape index (κ1) is 14.2. The second-order valence-electron chi connectivity index (χ2n) is 4.77. The van der Waals surface area contributed by atoms with Crippen LogP contribution in [0.4, 0.5) is 11.4 Å². The molecule has 0 bridgehead atoms. The fourth-order valence-electron chi connectivity index (χ4n) is 2.25. The van der Waals surface area contributed by atoms with Crippen molar-refractivity contribution in [1.82, 2.24) is 19.6 Å².